The lowest BCUT2D eigenvalue weighted by atomic mass is 9.70. The largest absolute Gasteiger partial charge is 0.741 e. The van der Waals surface area contributed by atoms with Gasteiger partial charge in [0.25, 0.3) is 0 Å². The van der Waals surface area contributed by atoms with Crippen LogP contribution >= 0.6 is 0 Å². The lowest BCUT2D eigenvalue weighted by molar-refractivity contribution is -0.711. The Hall–Kier alpha value is -5.90. The van der Waals surface area contributed by atoms with Crippen LogP contribution in [0, 0.1) is 10.8 Å². The number of nitrogens with zero attached hydrogens (tertiary/aromatic N) is 2. The summed E-state index contributed by atoms with van der Waals surface area (Å²) in [5, 5.41) is 0. The molecule has 0 aliphatic heterocycles. The molecule has 0 saturated heterocycles. The molecule has 0 saturated carbocycles. The number of carbonyl (C=O) groups is 2. The molecule has 2 heterocycles. The van der Waals surface area contributed by atoms with Crippen molar-refractivity contribution >= 4 is 31.8 Å². The summed E-state index contributed by atoms with van der Waals surface area (Å²) < 4.78 is 122. The molecule has 20 heteroatoms. The summed E-state index contributed by atoms with van der Waals surface area (Å²) in [6.45, 7) is 22.0. The summed E-state index contributed by atoms with van der Waals surface area (Å²) in [5.41, 5.74) is 10.5. The smallest absolute Gasteiger partial charge is 0.485 e. The van der Waals surface area contributed by atoms with Gasteiger partial charge in [-0.15, -0.1) is 0 Å². The second-order valence-corrected chi connectivity index (χ2v) is 21.7. The number of Topliss-reactive ketones (excluding diaryl/α,β-unsaturated/α-hetero) is 2. The zero-order chi connectivity index (χ0) is 56.6. The minimum Gasteiger partial charge on any atom is -0.741 e. The van der Waals surface area contributed by atoms with Gasteiger partial charge in [0.2, 0.25) is 23.7 Å². The van der Waals surface area contributed by atoms with Crippen LogP contribution in [0.25, 0.3) is 0 Å². The highest BCUT2D eigenvalue weighted by atomic mass is 32.2. The number of pyridine rings is 2. The number of ketones is 2. The lowest BCUT2D eigenvalue weighted by Crippen LogP contribution is -2.49. The molecule has 2 unspecified atom stereocenters. The number of halogens is 6. The van der Waals surface area contributed by atoms with E-state index in [0.717, 1.165) is 68.6 Å². The van der Waals surface area contributed by atoms with Crippen LogP contribution < -0.4 is 20.6 Å². The zero-order valence-electron chi connectivity index (χ0n) is 43.1. The highest BCUT2D eigenvalue weighted by Gasteiger charge is 2.44. The molecule has 2 atom stereocenters. The Labute approximate surface area is 431 Å². The average molecular weight is 1080 g/mol. The zero-order valence-corrected chi connectivity index (χ0v) is 44.7. The molecule has 4 rings (SSSR count). The summed E-state index contributed by atoms with van der Waals surface area (Å²) in [4.78, 5) is 27.0. The molecule has 0 spiro atoms. The Morgan fingerprint density at radius 2 is 0.878 bits per heavy atom. The van der Waals surface area contributed by atoms with E-state index >= 15 is 0 Å². The molecular formula is C54H66F6N4O8S2. The molecule has 12 nitrogen and oxygen atoms in total. The van der Waals surface area contributed by atoms with Gasteiger partial charge in [-0.1, -0.05) is 135 Å². The topological polar surface area (TPSA) is 208 Å². The number of hydrogen-bond acceptors (Lipinski definition) is 10. The maximum absolute atomic E-state index is 13.5. The van der Waals surface area contributed by atoms with Gasteiger partial charge in [-0.25, -0.2) is 16.8 Å². The molecule has 2 aliphatic rings. The fourth-order valence-electron chi connectivity index (χ4n) is 7.82. The predicted molar refractivity (Wildman–Crippen MR) is 272 cm³/mol. The first-order chi connectivity index (χ1) is 34.0. The summed E-state index contributed by atoms with van der Waals surface area (Å²) >= 11 is 0. The van der Waals surface area contributed by atoms with Crippen molar-refractivity contribution in [3.8, 4) is 0 Å². The van der Waals surface area contributed by atoms with Gasteiger partial charge in [0.15, 0.2) is 45.0 Å². The van der Waals surface area contributed by atoms with Gasteiger partial charge in [-0.3, -0.25) is 9.59 Å². The van der Waals surface area contributed by atoms with Gasteiger partial charge in [-0.05, 0) is 75.7 Å². The van der Waals surface area contributed by atoms with Crippen LogP contribution in [0.15, 0.2) is 179 Å². The Bertz CT molecular complexity index is 2750. The summed E-state index contributed by atoms with van der Waals surface area (Å²) in [7, 11) is -12.2. The van der Waals surface area contributed by atoms with Crippen LogP contribution in [0.5, 0.6) is 0 Å². The molecule has 74 heavy (non-hydrogen) atoms. The van der Waals surface area contributed by atoms with Crippen molar-refractivity contribution < 1.29 is 71.0 Å². The SMILES string of the molecule is CC1=C(/C=C/C(C)=C/C=C/C(C)=C/C=C/C=C(C)/C=C/C=C(C)/C=C/C2=C(C)C(=O)C([n+]3cccc(CN)c3)CC2(C)C)C(C)(C)CC([n+]2cccc(CN)c2)C1=O.O=S(=O)([O-])C(F)(F)F.O=S(=O)([O-])C(F)(F)F. The van der Waals surface area contributed by atoms with Gasteiger partial charge >= 0.3 is 11.0 Å². The van der Waals surface area contributed by atoms with Crippen LogP contribution in [-0.2, 0) is 42.9 Å². The molecule has 0 bridgehead atoms. The Balaban J connectivity index is 0.00000101. The Morgan fingerprint density at radius 1 is 0.595 bits per heavy atom. The van der Waals surface area contributed by atoms with E-state index in [1.54, 1.807) is 0 Å². The second-order valence-electron chi connectivity index (χ2n) is 19.0. The molecule has 2 aromatic rings. The van der Waals surface area contributed by atoms with Gasteiger partial charge in [-0.2, -0.15) is 35.5 Å². The number of carbonyl (C=O) groups excluding carboxylic acids is 2. The van der Waals surface area contributed by atoms with E-state index in [0.29, 0.717) is 13.1 Å². The van der Waals surface area contributed by atoms with Gasteiger partial charge < -0.3 is 20.6 Å². The van der Waals surface area contributed by atoms with Gasteiger partial charge in [0.05, 0.1) is 0 Å². The fraction of sp³-hybridized carbons (Fsp3) is 0.370. The molecular weight excluding hydrogens is 1010 g/mol. The van der Waals surface area contributed by atoms with E-state index < -0.39 is 31.3 Å². The summed E-state index contributed by atoms with van der Waals surface area (Å²) in [5.74, 6) is 0.328. The first-order valence-corrected chi connectivity index (χ1v) is 25.8. The van der Waals surface area contributed by atoms with Crippen LogP contribution in [-0.4, -0.2) is 48.5 Å². The van der Waals surface area contributed by atoms with E-state index in [1.807, 2.05) is 84.2 Å². The number of allylic oxidation sites excluding steroid dienone is 22. The standard InChI is InChI=1S/C52H66N4O2.2CHF3O3S/c1-37(19-13-21-39(3)25-27-45-41(5)49(57)47(31-51(45,7)8)55-29-15-23-43(33-53)35-55)17-11-12-18-38(2)20-14-22-40(4)26-28-46-42(6)50(58)48(32-52(46,9)10)56-30-16-24-44(34-54)36-56;2*2-1(3,4)8(5,6)7/h11-30,35-36,47-48H,31-34,53-54H2,1-10H3;2*(H,5,6,7)/q+2;;/p-2/b12-11+,19-13+,20-14+,27-25+,28-26+,37-17+,38-18+,39-21+,40-22+;;. The maximum Gasteiger partial charge on any atom is 0.485 e. The normalized spacial score (nSPS) is 19.8. The van der Waals surface area contributed by atoms with Gasteiger partial charge in [0.1, 0.15) is 0 Å². The highest BCUT2D eigenvalue weighted by molar-refractivity contribution is 7.86. The Kier molecular flexibility index (Phi) is 23.5. The molecule has 0 amide bonds. The molecule has 4 N–H and O–H groups in total. The summed E-state index contributed by atoms with van der Waals surface area (Å²) in [6.07, 6.45) is 38.6. The number of aromatic nitrogens is 2. The van der Waals surface area contributed by atoms with Crippen LogP contribution in [0.1, 0.15) is 105 Å². The van der Waals surface area contributed by atoms with Crippen molar-refractivity contribution in [2.24, 2.45) is 22.3 Å². The molecule has 0 radical (unpaired) electrons. The highest BCUT2D eigenvalue weighted by Crippen LogP contribution is 2.43. The lowest BCUT2D eigenvalue weighted by Gasteiger charge is -2.34. The quantitative estimate of drug-likeness (QED) is 0.0601. The van der Waals surface area contributed by atoms with E-state index in [2.05, 4.69) is 128 Å². The van der Waals surface area contributed by atoms with E-state index in [4.69, 9.17) is 37.4 Å². The van der Waals surface area contributed by atoms with Crippen LogP contribution in [0.3, 0.4) is 0 Å². The predicted octanol–water partition coefficient (Wildman–Crippen LogP) is 10.3. The van der Waals surface area contributed by atoms with Crippen molar-refractivity contribution in [1.29, 1.82) is 0 Å². The maximum atomic E-state index is 13.5. The van der Waals surface area contributed by atoms with E-state index in [-0.39, 0.29) is 34.5 Å². The van der Waals surface area contributed by atoms with E-state index in [9.17, 15) is 35.9 Å². The monoisotopic (exact) mass is 1080 g/mol. The third-order valence-corrected chi connectivity index (χ3v) is 13.0. The van der Waals surface area contributed by atoms with Crippen LogP contribution in [0.2, 0.25) is 0 Å². The molecule has 0 fully saturated rings. The second kappa shape index (κ2) is 27.1. The third-order valence-electron chi connectivity index (χ3n) is 11.8. The molecule has 0 aromatic carbocycles. The average Bonchev–Trinajstić information content (AvgIpc) is 3.29. The number of alkyl halides is 6. The van der Waals surface area contributed by atoms with Crippen molar-refractivity contribution in [2.45, 2.75) is 118 Å². The van der Waals surface area contributed by atoms with Crippen molar-refractivity contribution in [1.82, 2.24) is 0 Å². The molecule has 2 aliphatic carbocycles. The first-order valence-electron chi connectivity index (χ1n) is 23.0. The molecule has 404 valence electrons. The van der Waals surface area contributed by atoms with Crippen molar-refractivity contribution in [3.05, 3.63) is 190 Å². The first kappa shape index (κ1) is 64.2. The summed E-state index contributed by atoms with van der Waals surface area (Å²) in [6, 6.07) is 7.46. The van der Waals surface area contributed by atoms with Crippen LogP contribution in [0.4, 0.5) is 26.3 Å². The van der Waals surface area contributed by atoms with Crippen molar-refractivity contribution in [3.63, 3.8) is 0 Å². The van der Waals surface area contributed by atoms with E-state index in [1.165, 1.54) is 0 Å². The van der Waals surface area contributed by atoms with Crippen molar-refractivity contribution in [2.75, 3.05) is 0 Å². The minimum absolute atomic E-state index is 0.153. The Morgan fingerprint density at radius 3 is 1.16 bits per heavy atom. The minimum atomic E-state index is -6.09. The number of rotatable bonds is 14. The molecule has 2 aromatic heterocycles. The number of nitrogens with two attached hydrogens (primary N) is 2. The third kappa shape index (κ3) is 19.7. The van der Waals surface area contributed by atoms with Gasteiger partial charge in [0, 0.05) is 60.3 Å². The number of hydrogen-bond donors (Lipinski definition) is 2. The fourth-order valence-corrected chi connectivity index (χ4v) is 7.82.